The lowest BCUT2D eigenvalue weighted by Crippen LogP contribution is -2.20. The van der Waals surface area contributed by atoms with Gasteiger partial charge in [0.2, 0.25) is 0 Å². The molecule has 2 aromatic rings. The second kappa shape index (κ2) is 5.73. The molecule has 0 spiro atoms. The molecule has 3 radical (unpaired) electrons. The fourth-order valence-electron chi connectivity index (χ4n) is 3.35. The van der Waals surface area contributed by atoms with Gasteiger partial charge in [-0.2, -0.15) is 0 Å². The van der Waals surface area contributed by atoms with Crippen LogP contribution in [0.4, 0.5) is 0 Å². The maximum absolute atomic E-state index is 3.94. The van der Waals surface area contributed by atoms with Crippen LogP contribution in [-0.4, -0.2) is 10.2 Å². The minimum Gasteiger partial charge on any atom is -0.0616 e. The standard InChI is InChI=1S/C19H25Si/c1-11(2)16-14-9-7-8-10-15(14)19(20)18(13(5)6)17(16)12(3)4/h7-13H,1-6H3. The quantitative estimate of drug-likeness (QED) is 0.694. The van der Waals surface area contributed by atoms with Crippen molar-refractivity contribution in [2.45, 2.75) is 59.3 Å². The second-order valence-corrected chi connectivity index (χ2v) is 7.13. The molecule has 0 saturated heterocycles. The zero-order valence-corrected chi connectivity index (χ0v) is 14.5. The third kappa shape index (κ3) is 2.44. The van der Waals surface area contributed by atoms with Gasteiger partial charge >= 0.3 is 0 Å². The maximum Gasteiger partial charge on any atom is 0.0724 e. The molecule has 0 aliphatic carbocycles. The van der Waals surface area contributed by atoms with Gasteiger partial charge in [-0.1, -0.05) is 71.0 Å². The second-order valence-electron chi connectivity index (χ2n) is 6.63. The lowest BCUT2D eigenvalue weighted by molar-refractivity contribution is 0.758. The Morgan fingerprint density at radius 1 is 0.650 bits per heavy atom. The van der Waals surface area contributed by atoms with Crippen molar-refractivity contribution in [1.82, 2.24) is 0 Å². The minimum atomic E-state index is 0.530. The first-order chi connectivity index (χ1) is 9.36. The van der Waals surface area contributed by atoms with Crippen molar-refractivity contribution in [3.8, 4) is 0 Å². The molecule has 1 heteroatoms. The van der Waals surface area contributed by atoms with Gasteiger partial charge in [0.1, 0.15) is 0 Å². The summed E-state index contributed by atoms with van der Waals surface area (Å²) in [4.78, 5) is 0. The topological polar surface area (TPSA) is 0 Å². The molecule has 0 fully saturated rings. The van der Waals surface area contributed by atoms with Crippen molar-refractivity contribution in [2.75, 3.05) is 0 Å². The number of benzene rings is 2. The van der Waals surface area contributed by atoms with E-state index in [1.165, 1.54) is 27.1 Å². The van der Waals surface area contributed by atoms with Crippen molar-refractivity contribution in [3.63, 3.8) is 0 Å². The van der Waals surface area contributed by atoms with E-state index in [4.69, 9.17) is 0 Å². The molecule has 20 heavy (non-hydrogen) atoms. The molecule has 0 bridgehead atoms. The van der Waals surface area contributed by atoms with E-state index in [2.05, 4.69) is 76.1 Å². The molecule has 0 unspecified atom stereocenters. The van der Waals surface area contributed by atoms with Gasteiger partial charge in [0, 0.05) is 0 Å². The largest absolute Gasteiger partial charge is 0.0724 e. The number of fused-ring (bicyclic) bond motifs is 1. The lowest BCUT2D eigenvalue weighted by atomic mass is 9.80. The molecule has 0 saturated carbocycles. The number of hydrogen-bond donors (Lipinski definition) is 0. The summed E-state index contributed by atoms with van der Waals surface area (Å²) in [7, 11) is 3.94. The fourth-order valence-corrected chi connectivity index (χ4v) is 3.99. The van der Waals surface area contributed by atoms with Crippen molar-refractivity contribution < 1.29 is 0 Å². The summed E-state index contributed by atoms with van der Waals surface area (Å²) in [5.74, 6) is 1.62. The summed E-state index contributed by atoms with van der Waals surface area (Å²) in [6, 6.07) is 8.79. The van der Waals surface area contributed by atoms with E-state index in [0.29, 0.717) is 17.8 Å². The van der Waals surface area contributed by atoms with E-state index in [1.807, 2.05) is 0 Å². The van der Waals surface area contributed by atoms with Crippen molar-refractivity contribution in [1.29, 1.82) is 0 Å². The summed E-state index contributed by atoms with van der Waals surface area (Å²) in [6.45, 7) is 13.8. The van der Waals surface area contributed by atoms with Gasteiger partial charge in [0.25, 0.3) is 0 Å². The van der Waals surface area contributed by atoms with Gasteiger partial charge in [-0.05, 0) is 45.2 Å². The lowest BCUT2D eigenvalue weighted by Gasteiger charge is -2.27. The first-order valence-electron chi connectivity index (χ1n) is 7.66. The Hall–Kier alpha value is -1.08. The summed E-state index contributed by atoms with van der Waals surface area (Å²) in [5.41, 5.74) is 4.55. The molecule has 0 heterocycles. The minimum absolute atomic E-state index is 0.530. The van der Waals surface area contributed by atoms with Crippen LogP contribution < -0.4 is 5.19 Å². The number of rotatable bonds is 3. The van der Waals surface area contributed by atoms with Gasteiger partial charge in [0.05, 0.1) is 10.2 Å². The van der Waals surface area contributed by atoms with Crippen LogP contribution in [-0.2, 0) is 0 Å². The fraction of sp³-hybridized carbons (Fsp3) is 0.474. The Labute approximate surface area is 127 Å². The molecule has 0 aromatic heterocycles. The molecule has 0 N–H and O–H groups in total. The van der Waals surface area contributed by atoms with Crippen molar-refractivity contribution >= 4 is 26.2 Å². The Morgan fingerprint density at radius 3 is 1.55 bits per heavy atom. The highest BCUT2D eigenvalue weighted by Gasteiger charge is 2.22. The molecule has 0 aliphatic heterocycles. The van der Waals surface area contributed by atoms with Gasteiger partial charge in [-0.15, -0.1) is 0 Å². The predicted molar refractivity (Wildman–Crippen MR) is 91.6 cm³/mol. The molecule has 0 atom stereocenters. The zero-order valence-electron chi connectivity index (χ0n) is 13.5. The summed E-state index contributed by atoms with van der Waals surface area (Å²) >= 11 is 0. The van der Waals surface area contributed by atoms with Crippen LogP contribution in [0, 0.1) is 0 Å². The Bertz CT molecular complexity index is 621. The van der Waals surface area contributed by atoms with Gasteiger partial charge in [0.15, 0.2) is 0 Å². The average molecular weight is 281 g/mol. The van der Waals surface area contributed by atoms with Crippen molar-refractivity contribution in [2.24, 2.45) is 0 Å². The van der Waals surface area contributed by atoms with E-state index < -0.39 is 0 Å². The van der Waals surface area contributed by atoms with Crippen molar-refractivity contribution in [3.05, 3.63) is 41.0 Å². The Balaban J connectivity index is 3.03. The molecular weight excluding hydrogens is 256 g/mol. The third-order valence-corrected chi connectivity index (χ3v) is 4.61. The van der Waals surface area contributed by atoms with Crippen LogP contribution in [0.15, 0.2) is 24.3 Å². The summed E-state index contributed by atoms with van der Waals surface area (Å²) < 4.78 is 0. The maximum atomic E-state index is 3.94. The zero-order chi connectivity index (χ0) is 15.0. The van der Waals surface area contributed by atoms with E-state index in [-0.39, 0.29) is 0 Å². The molecule has 0 amide bonds. The van der Waals surface area contributed by atoms with Crippen LogP contribution in [0.25, 0.3) is 10.8 Å². The van der Waals surface area contributed by atoms with Gasteiger partial charge < -0.3 is 0 Å². The monoisotopic (exact) mass is 281 g/mol. The first kappa shape index (κ1) is 15.3. The normalized spacial score (nSPS) is 12.1. The van der Waals surface area contributed by atoms with E-state index in [0.717, 1.165) is 0 Å². The average Bonchev–Trinajstić information content (AvgIpc) is 2.37. The van der Waals surface area contributed by atoms with Crippen LogP contribution >= 0.6 is 0 Å². The van der Waals surface area contributed by atoms with Crippen LogP contribution in [0.3, 0.4) is 0 Å². The Kier molecular flexibility index (Phi) is 4.39. The SMILES string of the molecule is CC(C)c1c(C(C)C)c(C(C)C)c2ccccc2c1[Si]. The van der Waals surface area contributed by atoms with Crippen LogP contribution in [0.2, 0.25) is 0 Å². The highest BCUT2D eigenvalue weighted by Crippen LogP contribution is 2.37. The van der Waals surface area contributed by atoms with Crippen LogP contribution in [0.5, 0.6) is 0 Å². The highest BCUT2D eigenvalue weighted by molar-refractivity contribution is 6.40. The molecular formula is C19H25Si. The molecule has 105 valence electrons. The van der Waals surface area contributed by atoms with Crippen LogP contribution in [0.1, 0.15) is 76.0 Å². The molecule has 0 aliphatic rings. The molecule has 2 rings (SSSR count). The smallest absolute Gasteiger partial charge is 0.0616 e. The third-order valence-electron chi connectivity index (χ3n) is 4.07. The molecule has 0 nitrogen and oxygen atoms in total. The van der Waals surface area contributed by atoms with E-state index >= 15 is 0 Å². The first-order valence-corrected chi connectivity index (χ1v) is 8.16. The van der Waals surface area contributed by atoms with Gasteiger partial charge in [-0.25, -0.2) is 0 Å². The highest BCUT2D eigenvalue weighted by atomic mass is 28.1. The van der Waals surface area contributed by atoms with E-state index in [9.17, 15) is 0 Å². The number of hydrogen-bond acceptors (Lipinski definition) is 0. The Morgan fingerprint density at radius 2 is 1.10 bits per heavy atom. The summed E-state index contributed by atoms with van der Waals surface area (Å²) in [6.07, 6.45) is 0. The van der Waals surface area contributed by atoms with E-state index in [1.54, 1.807) is 5.56 Å². The predicted octanol–water partition coefficient (Wildman–Crippen LogP) is 5.00. The van der Waals surface area contributed by atoms with Gasteiger partial charge in [-0.3, -0.25) is 0 Å². The molecule has 2 aromatic carbocycles. The summed E-state index contributed by atoms with van der Waals surface area (Å²) in [5, 5.41) is 4.03.